The molecule has 88 valence electrons. The van der Waals surface area contributed by atoms with Crippen LogP contribution in [0.25, 0.3) is 0 Å². The Balaban J connectivity index is 1.86. The molecule has 0 saturated heterocycles. The summed E-state index contributed by atoms with van der Waals surface area (Å²) in [5.41, 5.74) is 1.12. The fraction of sp³-hybridized carbons (Fsp3) is 0.0833. The van der Waals surface area contributed by atoms with Gasteiger partial charge in [-0.05, 0) is 12.1 Å². The normalized spacial score (nSPS) is 11.9. The van der Waals surface area contributed by atoms with E-state index in [0.717, 1.165) is 11.4 Å². The van der Waals surface area contributed by atoms with Crippen molar-refractivity contribution >= 4 is 11.5 Å². The first-order chi connectivity index (χ1) is 8.85. The fourth-order valence-electron chi connectivity index (χ4n) is 1.61. The number of aromatic nitrogens is 2. The van der Waals surface area contributed by atoms with Crippen LogP contribution >= 0.6 is 0 Å². The van der Waals surface area contributed by atoms with Gasteiger partial charge in [-0.3, -0.25) is 0 Å². The zero-order valence-electron chi connectivity index (χ0n) is 9.25. The highest BCUT2D eigenvalue weighted by molar-refractivity contribution is 5.62. The van der Waals surface area contributed by atoms with Crippen LogP contribution in [-0.4, -0.2) is 16.8 Å². The van der Waals surface area contributed by atoms with Gasteiger partial charge in [0.15, 0.2) is 11.5 Å². The summed E-state index contributed by atoms with van der Waals surface area (Å²) in [6.07, 6.45) is 1.34. The third-order valence-electron chi connectivity index (χ3n) is 2.43. The topological polar surface area (TPSA) is 80.1 Å². The van der Waals surface area contributed by atoms with E-state index in [-0.39, 0.29) is 6.79 Å². The zero-order valence-corrected chi connectivity index (χ0v) is 9.25. The summed E-state index contributed by atoms with van der Waals surface area (Å²) < 4.78 is 10.5. The average Bonchev–Trinajstić information content (AvgIpc) is 2.86. The van der Waals surface area contributed by atoms with E-state index < -0.39 is 0 Å². The summed E-state index contributed by atoms with van der Waals surface area (Å²) in [6.45, 7) is 0.241. The third-order valence-corrected chi connectivity index (χ3v) is 2.43. The highest BCUT2D eigenvalue weighted by Crippen LogP contribution is 2.34. The lowest BCUT2D eigenvalue weighted by Crippen LogP contribution is -1.95. The number of anilines is 2. The minimum atomic E-state index is 0.241. The van der Waals surface area contributed by atoms with E-state index in [1.165, 1.54) is 6.33 Å². The number of nitrogens with one attached hydrogen (secondary N) is 1. The van der Waals surface area contributed by atoms with Crippen LogP contribution in [0, 0.1) is 11.3 Å². The lowest BCUT2D eigenvalue weighted by atomic mass is 10.2. The largest absolute Gasteiger partial charge is 0.454 e. The van der Waals surface area contributed by atoms with Crippen molar-refractivity contribution in [2.45, 2.75) is 0 Å². The van der Waals surface area contributed by atoms with Crippen LogP contribution in [0.4, 0.5) is 11.5 Å². The monoisotopic (exact) mass is 240 g/mol. The number of nitriles is 1. The van der Waals surface area contributed by atoms with Crippen molar-refractivity contribution in [3.63, 3.8) is 0 Å². The molecular weight excluding hydrogens is 232 g/mol. The number of ether oxygens (including phenoxy) is 2. The highest BCUT2D eigenvalue weighted by Gasteiger charge is 2.13. The van der Waals surface area contributed by atoms with E-state index in [4.69, 9.17) is 14.7 Å². The Labute approximate surface area is 103 Å². The second-order valence-corrected chi connectivity index (χ2v) is 3.59. The number of rotatable bonds is 2. The molecule has 0 atom stereocenters. The lowest BCUT2D eigenvalue weighted by Gasteiger charge is -2.05. The van der Waals surface area contributed by atoms with Crippen LogP contribution in [0.3, 0.4) is 0 Å². The summed E-state index contributed by atoms with van der Waals surface area (Å²) in [5, 5.41) is 11.8. The quantitative estimate of drug-likeness (QED) is 0.862. The molecule has 3 rings (SSSR count). The van der Waals surface area contributed by atoms with Gasteiger partial charge in [-0.2, -0.15) is 5.26 Å². The molecule has 0 amide bonds. The standard InChI is InChI=1S/C12H8N4O2/c13-5-9-4-12(15-6-14-9)16-8-1-2-10-11(3-8)18-7-17-10/h1-4,6H,7H2,(H,14,15,16). The van der Waals surface area contributed by atoms with Gasteiger partial charge in [-0.1, -0.05) is 0 Å². The summed E-state index contributed by atoms with van der Waals surface area (Å²) in [4.78, 5) is 7.83. The Kier molecular flexibility index (Phi) is 2.43. The molecular formula is C12H8N4O2. The van der Waals surface area contributed by atoms with E-state index in [1.807, 2.05) is 24.3 Å². The second-order valence-electron chi connectivity index (χ2n) is 3.59. The van der Waals surface area contributed by atoms with Crippen LogP contribution in [-0.2, 0) is 0 Å². The Morgan fingerprint density at radius 1 is 1.17 bits per heavy atom. The molecule has 1 aromatic heterocycles. The average molecular weight is 240 g/mol. The Morgan fingerprint density at radius 2 is 2.06 bits per heavy atom. The summed E-state index contributed by atoms with van der Waals surface area (Å²) in [6, 6.07) is 9.01. The molecule has 0 unspecified atom stereocenters. The van der Waals surface area contributed by atoms with Crippen molar-refractivity contribution in [3.05, 3.63) is 36.3 Å². The number of benzene rings is 1. The van der Waals surface area contributed by atoms with Gasteiger partial charge in [0.2, 0.25) is 6.79 Å². The second kappa shape index (κ2) is 4.22. The van der Waals surface area contributed by atoms with Gasteiger partial charge >= 0.3 is 0 Å². The molecule has 1 N–H and O–H groups in total. The van der Waals surface area contributed by atoms with E-state index >= 15 is 0 Å². The molecule has 1 aliphatic heterocycles. The predicted octanol–water partition coefficient (Wildman–Crippen LogP) is 1.82. The molecule has 1 aliphatic rings. The van der Waals surface area contributed by atoms with Gasteiger partial charge in [0.05, 0.1) is 0 Å². The fourth-order valence-corrected chi connectivity index (χ4v) is 1.61. The summed E-state index contributed by atoms with van der Waals surface area (Å²) >= 11 is 0. The molecule has 2 heterocycles. The first kappa shape index (κ1) is 10.4. The summed E-state index contributed by atoms with van der Waals surface area (Å²) in [7, 11) is 0. The van der Waals surface area contributed by atoms with Crippen molar-refractivity contribution in [1.82, 2.24) is 9.97 Å². The highest BCUT2D eigenvalue weighted by atomic mass is 16.7. The van der Waals surface area contributed by atoms with E-state index in [9.17, 15) is 0 Å². The number of fused-ring (bicyclic) bond motifs is 1. The number of hydrogen-bond acceptors (Lipinski definition) is 6. The Hall–Kier alpha value is -2.81. The van der Waals surface area contributed by atoms with Crippen molar-refractivity contribution in [1.29, 1.82) is 5.26 Å². The van der Waals surface area contributed by atoms with Crippen molar-refractivity contribution in [2.75, 3.05) is 12.1 Å². The van der Waals surface area contributed by atoms with Crippen LogP contribution in [0.1, 0.15) is 5.69 Å². The Bertz CT molecular complexity index is 636. The molecule has 0 bridgehead atoms. The molecule has 0 aliphatic carbocycles. The number of nitrogens with zero attached hydrogens (tertiary/aromatic N) is 3. The molecule has 2 aromatic rings. The van der Waals surface area contributed by atoms with E-state index in [1.54, 1.807) is 6.07 Å². The predicted molar refractivity (Wildman–Crippen MR) is 62.6 cm³/mol. The summed E-state index contributed by atoms with van der Waals surface area (Å²) in [5.74, 6) is 1.97. The van der Waals surface area contributed by atoms with Crippen LogP contribution in [0.5, 0.6) is 11.5 Å². The molecule has 0 radical (unpaired) electrons. The minimum Gasteiger partial charge on any atom is -0.454 e. The molecule has 18 heavy (non-hydrogen) atoms. The van der Waals surface area contributed by atoms with Gasteiger partial charge in [0.1, 0.15) is 23.9 Å². The molecule has 0 saturated carbocycles. The maximum Gasteiger partial charge on any atom is 0.231 e. The van der Waals surface area contributed by atoms with Gasteiger partial charge < -0.3 is 14.8 Å². The third kappa shape index (κ3) is 1.89. The van der Waals surface area contributed by atoms with Crippen LogP contribution in [0.2, 0.25) is 0 Å². The first-order valence-electron chi connectivity index (χ1n) is 5.24. The van der Waals surface area contributed by atoms with E-state index in [2.05, 4.69) is 15.3 Å². The molecule has 0 fully saturated rings. The number of hydrogen-bond donors (Lipinski definition) is 1. The molecule has 0 spiro atoms. The first-order valence-corrected chi connectivity index (χ1v) is 5.24. The van der Waals surface area contributed by atoms with Gasteiger partial charge in [-0.15, -0.1) is 0 Å². The van der Waals surface area contributed by atoms with Crippen LogP contribution in [0.15, 0.2) is 30.6 Å². The molecule has 6 nitrogen and oxygen atoms in total. The van der Waals surface area contributed by atoms with E-state index in [0.29, 0.717) is 17.3 Å². The van der Waals surface area contributed by atoms with Gasteiger partial charge in [0, 0.05) is 17.8 Å². The maximum absolute atomic E-state index is 8.75. The maximum atomic E-state index is 8.75. The minimum absolute atomic E-state index is 0.241. The molecule has 6 heteroatoms. The SMILES string of the molecule is N#Cc1cc(Nc2ccc3c(c2)OCO3)ncn1. The smallest absolute Gasteiger partial charge is 0.231 e. The van der Waals surface area contributed by atoms with Gasteiger partial charge in [-0.25, -0.2) is 9.97 Å². The van der Waals surface area contributed by atoms with Gasteiger partial charge in [0.25, 0.3) is 0 Å². The molecule has 1 aromatic carbocycles. The van der Waals surface area contributed by atoms with Crippen molar-refractivity contribution in [2.24, 2.45) is 0 Å². The zero-order chi connectivity index (χ0) is 12.4. The van der Waals surface area contributed by atoms with Crippen LogP contribution < -0.4 is 14.8 Å². The van der Waals surface area contributed by atoms with Crippen molar-refractivity contribution < 1.29 is 9.47 Å². The Morgan fingerprint density at radius 3 is 2.94 bits per heavy atom. The lowest BCUT2D eigenvalue weighted by molar-refractivity contribution is 0.174. The van der Waals surface area contributed by atoms with Crippen molar-refractivity contribution in [3.8, 4) is 17.6 Å².